The number of hydroxylamine groups is 1. The Hall–Kier alpha value is -2.38. The van der Waals surface area contributed by atoms with E-state index in [0.717, 1.165) is 0 Å². The third kappa shape index (κ3) is 6.26. The topological polar surface area (TPSA) is 130 Å². The van der Waals surface area contributed by atoms with Gasteiger partial charge in [-0.15, -0.1) is 0 Å². The third-order valence-electron chi connectivity index (χ3n) is 1.98. The summed E-state index contributed by atoms with van der Waals surface area (Å²) in [6.45, 7) is 3.49. The lowest BCUT2D eigenvalue weighted by Gasteiger charge is -2.11. The quantitative estimate of drug-likeness (QED) is 0.224. The monoisotopic (exact) mass is 259 g/mol. The van der Waals surface area contributed by atoms with Gasteiger partial charge in [-0.2, -0.15) is 5.48 Å². The van der Waals surface area contributed by atoms with Gasteiger partial charge in [0, 0.05) is 6.42 Å². The Kier molecular flexibility index (Phi) is 6.79. The van der Waals surface area contributed by atoms with Crippen LogP contribution in [-0.4, -0.2) is 34.5 Å². The van der Waals surface area contributed by atoms with E-state index < -0.39 is 23.8 Å². The fourth-order valence-electron chi connectivity index (χ4n) is 1.10. The van der Waals surface area contributed by atoms with Crippen LogP contribution in [0.1, 0.15) is 19.3 Å². The average molecular weight is 259 g/mol. The van der Waals surface area contributed by atoms with Crippen molar-refractivity contribution >= 4 is 24.3 Å². The minimum absolute atomic E-state index is 0.0630. The van der Waals surface area contributed by atoms with Crippen LogP contribution in [0.25, 0.3) is 0 Å². The summed E-state index contributed by atoms with van der Waals surface area (Å²) in [4.78, 5) is 46.4. The van der Waals surface area contributed by atoms with E-state index >= 15 is 0 Å². The van der Waals surface area contributed by atoms with Gasteiger partial charge in [-0.3, -0.25) is 14.4 Å². The lowest BCUT2D eigenvalue weighted by atomic mass is 9.97. The van der Waals surface area contributed by atoms with E-state index in [4.69, 9.17) is 10.2 Å². The molecule has 0 aliphatic carbocycles. The van der Waals surface area contributed by atoms with Crippen molar-refractivity contribution < 1.29 is 34.2 Å². The standard InChI is InChI=1S/C10H13NO7/c1-6(2-3-8(13)14)4-7(9(15)16)10(17)18-11-5-12/h5,7H,1-4H2,(H,11,12)(H,13,14)(H,15,16). The van der Waals surface area contributed by atoms with Gasteiger partial charge in [0.05, 0.1) is 0 Å². The second kappa shape index (κ2) is 7.82. The zero-order valence-electron chi connectivity index (χ0n) is 9.42. The minimum atomic E-state index is -1.53. The maximum absolute atomic E-state index is 11.2. The van der Waals surface area contributed by atoms with E-state index in [2.05, 4.69) is 11.4 Å². The maximum Gasteiger partial charge on any atom is 0.346 e. The van der Waals surface area contributed by atoms with Gasteiger partial charge in [0.1, 0.15) is 0 Å². The summed E-state index contributed by atoms with van der Waals surface area (Å²) in [7, 11) is 0. The number of carbonyl (C=O) groups is 4. The highest BCUT2D eigenvalue weighted by atomic mass is 16.7. The Morgan fingerprint density at radius 2 is 1.89 bits per heavy atom. The van der Waals surface area contributed by atoms with Crippen LogP contribution in [0.15, 0.2) is 12.2 Å². The molecule has 0 bridgehead atoms. The molecule has 0 spiro atoms. The highest BCUT2D eigenvalue weighted by molar-refractivity contribution is 5.94. The molecule has 8 heteroatoms. The molecule has 1 amide bonds. The lowest BCUT2D eigenvalue weighted by molar-refractivity contribution is -0.165. The first-order valence-electron chi connectivity index (χ1n) is 4.89. The SMILES string of the molecule is C=C(CCC(=O)O)CC(C(=O)O)C(=O)ONC=O. The van der Waals surface area contributed by atoms with Gasteiger partial charge in [-0.25, -0.2) is 4.79 Å². The number of amides is 1. The zero-order valence-corrected chi connectivity index (χ0v) is 9.42. The highest BCUT2D eigenvalue weighted by Gasteiger charge is 2.29. The molecule has 0 saturated carbocycles. The van der Waals surface area contributed by atoms with Crippen LogP contribution in [0, 0.1) is 5.92 Å². The number of carboxylic acids is 2. The average Bonchev–Trinajstić information content (AvgIpc) is 2.29. The van der Waals surface area contributed by atoms with Crippen molar-refractivity contribution in [2.24, 2.45) is 5.92 Å². The van der Waals surface area contributed by atoms with Crippen LogP contribution in [0.2, 0.25) is 0 Å². The number of nitrogens with one attached hydrogen (secondary N) is 1. The number of hydrogen-bond donors (Lipinski definition) is 3. The molecule has 18 heavy (non-hydrogen) atoms. The van der Waals surface area contributed by atoms with E-state index in [0.29, 0.717) is 5.57 Å². The molecular weight excluding hydrogens is 246 g/mol. The van der Waals surface area contributed by atoms with Crippen molar-refractivity contribution in [3.05, 3.63) is 12.2 Å². The number of allylic oxidation sites excluding steroid dienone is 1. The van der Waals surface area contributed by atoms with Crippen LogP contribution in [0.4, 0.5) is 0 Å². The molecule has 1 atom stereocenters. The van der Waals surface area contributed by atoms with Gasteiger partial charge in [0.25, 0.3) is 0 Å². The summed E-state index contributed by atoms with van der Waals surface area (Å²) in [5.41, 5.74) is 1.89. The molecule has 0 aromatic rings. The lowest BCUT2D eigenvalue weighted by Crippen LogP contribution is -2.30. The van der Waals surface area contributed by atoms with Crippen molar-refractivity contribution in [1.29, 1.82) is 0 Å². The van der Waals surface area contributed by atoms with Crippen molar-refractivity contribution in [2.45, 2.75) is 19.3 Å². The van der Waals surface area contributed by atoms with Gasteiger partial charge >= 0.3 is 17.9 Å². The molecule has 1 unspecified atom stereocenters. The van der Waals surface area contributed by atoms with Crippen LogP contribution in [0.5, 0.6) is 0 Å². The maximum atomic E-state index is 11.2. The molecule has 3 N–H and O–H groups in total. The van der Waals surface area contributed by atoms with Gasteiger partial charge < -0.3 is 15.1 Å². The van der Waals surface area contributed by atoms with Crippen molar-refractivity contribution in [1.82, 2.24) is 5.48 Å². The Morgan fingerprint density at radius 3 is 2.33 bits per heavy atom. The molecule has 100 valence electrons. The zero-order chi connectivity index (χ0) is 14.1. The predicted molar refractivity (Wildman–Crippen MR) is 57.0 cm³/mol. The van der Waals surface area contributed by atoms with Crippen molar-refractivity contribution in [2.75, 3.05) is 0 Å². The second-order valence-electron chi connectivity index (χ2n) is 3.40. The summed E-state index contributed by atoms with van der Waals surface area (Å²) in [6, 6.07) is 0. The Morgan fingerprint density at radius 1 is 1.28 bits per heavy atom. The molecule has 0 aromatic carbocycles. The molecule has 8 nitrogen and oxygen atoms in total. The fourth-order valence-corrected chi connectivity index (χ4v) is 1.10. The summed E-state index contributed by atoms with van der Waals surface area (Å²) in [5.74, 6) is -5.16. The first kappa shape index (κ1) is 15.6. The number of carboxylic acid groups (broad SMARTS) is 2. The molecule has 0 rings (SSSR count). The molecule has 0 aliphatic heterocycles. The van der Waals surface area contributed by atoms with Gasteiger partial charge in [-0.1, -0.05) is 12.2 Å². The van der Waals surface area contributed by atoms with E-state index in [-0.39, 0.29) is 25.7 Å². The van der Waals surface area contributed by atoms with E-state index in [1.54, 1.807) is 5.48 Å². The Bertz CT molecular complexity index is 363. The smallest absolute Gasteiger partial charge is 0.346 e. The Labute approximate surface area is 102 Å². The normalized spacial score (nSPS) is 11.1. The summed E-state index contributed by atoms with van der Waals surface area (Å²) in [5, 5.41) is 17.2. The largest absolute Gasteiger partial charge is 0.481 e. The minimum Gasteiger partial charge on any atom is -0.481 e. The van der Waals surface area contributed by atoms with Crippen LogP contribution in [-0.2, 0) is 24.0 Å². The van der Waals surface area contributed by atoms with Gasteiger partial charge in [0.15, 0.2) is 5.92 Å². The molecule has 0 aromatic heterocycles. The molecule has 0 radical (unpaired) electrons. The number of aliphatic carboxylic acids is 2. The third-order valence-corrected chi connectivity index (χ3v) is 1.98. The van der Waals surface area contributed by atoms with Crippen LogP contribution < -0.4 is 5.48 Å². The highest BCUT2D eigenvalue weighted by Crippen LogP contribution is 2.16. The van der Waals surface area contributed by atoms with E-state index in [9.17, 15) is 19.2 Å². The van der Waals surface area contributed by atoms with E-state index in [1.807, 2.05) is 0 Å². The molecule has 0 heterocycles. The van der Waals surface area contributed by atoms with Gasteiger partial charge in [-0.05, 0) is 12.8 Å². The predicted octanol–water partition coefficient (Wildman–Crippen LogP) is -0.298. The Balaban J connectivity index is 4.39. The van der Waals surface area contributed by atoms with Crippen LogP contribution >= 0.6 is 0 Å². The van der Waals surface area contributed by atoms with Crippen molar-refractivity contribution in [3.8, 4) is 0 Å². The number of rotatable bonds is 9. The molecular formula is C10H13NO7. The first-order valence-corrected chi connectivity index (χ1v) is 4.89. The molecule has 0 fully saturated rings. The molecule has 0 saturated heterocycles. The number of hydrogen-bond acceptors (Lipinski definition) is 5. The van der Waals surface area contributed by atoms with Crippen molar-refractivity contribution in [3.63, 3.8) is 0 Å². The van der Waals surface area contributed by atoms with E-state index in [1.165, 1.54) is 0 Å². The number of carbonyl (C=O) groups excluding carboxylic acids is 2. The summed E-state index contributed by atoms with van der Waals surface area (Å²) < 4.78 is 0. The molecule has 0 aliphatic rings. The first-order chi connectivity index (χ1) is 8.38. The summed E-state index contributed by atoms with van der Waals surface area (Å²) in [6.07, 6.45) is -0.307. The second-order valence-corrected chi connectivity index (χ2v) is 3.40. The fraction of sp³-hybridized carbons (Fsp3) is 0.400. The van der Waals surface area contributed by atoms with Crippen LogP contribution in [0.3, 0.4) is 0 Å². The van der Waals surface area contributed by atoms with Gasteiger partial charge in [0.2, 0.25) is 6.41 Å². The summed E-state index contributed by atoms with van der Waals surface area (Å²) >= 11 is 0.